The predicted octanol–water partition coefficient (Wildman–Crippen LogP) is 6.19. The molecule has 8 heteroatoms. The third kappa shape index (κ3) is 4.41. The van der Waals surface area contributed by atoms with E-state index in [9.17, 15) is 4.57 Å². The maximum absolute atomic E-state index is 13.8. The Balaban J connectivity index is 1.71. The number of aromatic nitrogens is 1. The van der Waals surface area contributed by atoms with E-state index < -0.39 is 13.9 Å². The molecule has 0 amide bonds. The molecule has 1 aliphatic rings. The SMILES string of the molecule is CN(C)CCc1cn(P2(=O)OCCC(c3cc(Cl)cc(Cl)c3)O2)c2ccccc12. The van der Waals surface area contributed by atoms with E-state index in [2.05, 4.69) is 4.90 Å². The number of hydrogen-bond acceptors (Lipinski definition) is 4. The van der Waals surface area contributed by atoms with Crippen molar-refractivity contribution >= 4 is 41.9 Å². The number of fused-ring (bicyclic) bond motifs is 1. The summed E-state index contributed by atoms with van der Waals surface area (Å²) in [5, 5.41) is 2.11. The van der Waals surface area contributed by atoms with E-state index in [1.54, 1.807) is 22.5 Å². The number of likely N-dealkylation sites (N-methyl/N-ethyl adjacent to an activating group) is 1. The highest BCUT2D eigenvalue weighted by Crippen LogP contribution is 2.58. The molecule has 1 fully saturated rings. The van der Waals surface area contributed by atoms with Crippen LogP contribution in [0.3, 0.4) is 0 Å². The minimum Gasteiger partial charge on any atom is -0.309 e. The molecule has 2 unspecified atom stereocenters. The summed E-state index contributed by atoms with van der Waals surface area (Å²) in [5.41, 5.74) is 2.76. The van der Waals surface area contributed by atoms with Crippen LogP contribution in [0.2, 0.25) is 10.0 Å². The first kappa shape index (κ1) is 20.9. The average Bonchev–Trinajstić information content (AvgIpc) is 3.05. The summed E-state index contributed by atoms with van der Waals surface area (Å²) in [4.78, 5) is 2.13. The fourth-order valence-electron chi connectivity index (χ4n) is 3.60. The highest BCUT2D eigenvalue weighted by molar-refractivity contribution is 7.52. The van der Waals surface area contributed by atoms with Gasteiger partial charge in [0.1, 0.15) is 0 Å². The molecular formula is C21H23Cl2N2O3P. The van der Waals surface area contributed by atoms with Crippen LogP contribution in [0.5, 0.6) is 0 Å². The van der Waals surface area contributed by atoms with Gasteiger partial charge in [0.05, 0.1) is 18.2 Å². The van der Waals surface area contributed by atoms with Gasteiger partial charge >= 0.3 is 7.75 Å². The normalized spacial score (nSPS) is 22.4. The third-order valence-corrected chi connectivity index (χ3v) is 7.34. The van der Waals surface area contributed by atoms with Crippen molar-refractivity contribution in [3.8, 4) is 0 Å². The highest BCUT2D eigenvalue weighted by atomic mass is 35.5. The Morgan fingerprint density at radius 2 is 1.90 bits per heavy atom. The van der Waals surface area contributed by atoms with Crippen molar-refractivity contribution in [3.05, 3.63) is 69.8 Å². The fraction of sp³-hybridized carbons (Fsp3) is 0.333. The number of benzene rings is 2. The fourth-order valence-corrected chi connectivity index (χ4v) is 6.03. The molecule has 0 spiro atoms. The summed E-state index contributed by atoms with van der Waals surface area (Å²) in [6, 6.07) is 13.2. The third-order valence-electron chi connectivity index (χ3n) is 5.02. The van der Waals surface area contributed by atoms with Crippen LogP contribution < -0.4 is 0 Å². The Kier molecular flexibility index (Phi) is 6.08. The van der Waals surface area contributed by atoms with Crippen LogP contribution in [0.15, 0.2) is 48.7 Å². The van der Waals surface area contributed by atoms with Gasteiger partial charge in [-0.2, -0.15) is 0 Å². The lowest BCUT2D eigenvalue weighted by atomic mass is 10.1. The van der Waals surface area contributed by atoms with Crippen LogP contribution >= 0.6 is 30.9 Å². The first-order valence-electron chi connectivity index (χ1n) is 9.49. The second kappa shape index (κ2) is 8.43. The zero-order chi connectivity index (χ0) is 20.6. The van der Waals surface area contributed by atoms with Gasteiger partial charge in [0.15, 0.2) is 0 Å². The summed E-state index contributed by atoms with van der Waals surface area (Å²) in [6.45, 7) is 1.22. The smallest absolute Gasteiger partial charge is 0.309 e. The molecule has 5 nitrogen and oxygen atoms in total. The van der Waals surface area contributed by atoms with Crippen molar-refractivity contribution in [2.75, 3.05) is 27.2 Å². The van der Waals surface area contributed by atoms with Gasteiger partial charge in [0.25, 0.3) is 0 Å². The molecule has 0 bridgehead atoms. The monoisotopic (exact) mass is 452 g/mol. The first-order chi connectivity index (χ1) is 13.9. The van der Waals surface area contributed by atoms with Crippen molar-refractivity contribution in [1.82, 2.24) is 9.24 Å². The summed E-state index contributed by atoms with van der Waals surface area (Å²) in [6.07, 6.45) is 2.92. The summed E-state index contributed by atoms with van der Waals surface area (Å²) < 4.78 is 27.3. The van der Waals surface area contributed by atoms with Crippen LogP contribution in [0.1, 0.15) is 23.7 Å². The van der Waals surface area contributed by atoms with Gasteiger partial charge in [0.2, 0.25) is 0 Å². The van der Waals surface area contributed by atoms with Crippen LogP contribution in [0.4, 0.5) is 0 Å². The molecule has 0 radical (unpaired) electrons. The Hall–Kier alpha value is -1.33. The topological polar surface area (TPSA) is 43.7 Å². The van der Waals surface area contributed by atoms with Gasteiger partial charge in [0, 0.05) is 34.6 Å². The quantitative estimate of drug-likeness (QED) is 0.433. The zero-order valence-corrected chi connectivity index (χ0v) is 18.8. The minimum atomic E-state index is -3.57. The van der Waals surface area contributed by atoms with Crippen LogP contribution in [-0.2, 0) is 20.0 Å². The van der Waals surface area contributed by atoms with Crippen molar-refractivity contribution < 1.29 is 13.6 Å². The first-order valence-corrected chi connectivity index (χ1v) is 11.7. The van der Waals surface area contributed by atoms with Gasteiger partial charge in [-0.25, -0.2) is 4.57 Å². The predicted molar refractivity (Wildman–Crippen MR) is 118 cm³/mol. The Morgan fingerprint density at radius 1 is 1.17 bits per heavy atom. The van der Waals surface area contributed by atoms with Crippen molar-refractivity contribution in [1.29, 1.82) is 0 Å². The molecule has 1 aliphatic heterocycles. The number of nitrogens with zero attached hydrogens (tertiary/aromatic N) is 2. The Labute approximate surface area is 180 Å². The van der Waals surface area contributed by atoms with E-state index in [0.29, 0.717) is 23.1 Å². The zero-order valence-electron chi connectivity index (χ0n) is 16.3. The number of halogens is 2. The molecule has 4 rings (SSSR count). The van der Waals surface area contributed by atoms with E-state index in [4.69, 9.17) is 32.2 Å². The molecule has 29 heavy (non-hydrogen) atoms. The molecule has 0 saturated carbocycles. The van der Waals surface area contributed by atoms with Crippen LogP contribution in [0, 0.1) is 0 Å². The van der Waals surface area contributed by atoms with E-state index in [1.807, 2.05) is 44.6 Å². The summed E-state index contributed by atoms with van der Waals surface area (Å²) >= 11 is 12.3. The minimum absolute atomic E-state index is 0.325. The Morgan fingerprint density at radius 3 is 2.62 bits per heavy atom. The van der Waals surface area contributed by atoms with Gasteiger partial charge < -0.3 is 4.90 Å². The van der Waals surface area contributed by atoms with Gasteiger partial charge in [-0.15, -0.1) is 0 Å². The number of para-hydroxylation sites is 1. The number of hydrogen-bond donors (Lipinski definition) is 0. The highest BCUT2D eigenvalue weighted by Gasteiger charge is 2.38. The van der Waals surface area contributed by atoms with Crippen molar-refractivity contribution in [2.24, 2.45) is 0 Å². The standard InChI is InChI=1S/C21H23Cl2N2O3P/c1-24(2)9-7-15-14-25(20-6-4-3-5-19(15)20)29(26)27-10-8-21(28-29)16-11-17(22)13-18(23)12-16/h3-6,11-14,21H,7-10H2,1-2H3. The second-order valence-corrected chi connectivity index (χ2v) is 10.2. The number of rotatable bonds is 5. The molecule has 2 heterocycles. The molecule has 154 valence electrons. The second-order valence-electron chi connectivity index (χ2n) is 7.46. The van der Waals surface area contributed by atoms with E-state index in [0.717, 1.165) is 35.0 Å². The maximum Gasteiger partial charge on any atom is 0.439 e. The lowest BCUT2D eigenvalue weighted by Crippen LogP contribution is -2.17. The largest absolute Gasteiger partial charge is 0.439 e. The summed E-state index contributed by atoms with van der Waals surface area (Å²) in [5.74, 6) is 0. The maximum atomic E-state index is 13.8. The molecular weight excluding hydrogens is 430 g/mol. The van der Waals surface area contributed by atoms with Gasteiger partial charge in [-0.1, -0.05) is 41.4 Å². The van der Waals surface area contributed by atoms with Crippen molar-refractivity contribution in [2.45, 2.75) is 18.9 Å². The lowest BCUT2D eigenvalue weighted by molar-refractivity contribution is 0.0771. The van der Waals surface area contributed by atoms with Gasteiger partial charge in [-0.05, 0) is 55.9 Å². The molecule has 2 atom stereocenters. The van der Waals surface area contributed by atoms with E-state index in [-0.39, 0.29) is 0 Å². The van der Waals surface area contributed by atoms with Crippen molar-refractivity contribution in [3.63, 3.8) is 0 Å². The molecule has 1 aromatic heterocycles. The molecule has 0 N–H and O–H groups in total. The average molecular weight is 453 g/mol. The molecule has 0 aliphatic carbocycles. The molecule has 2 aromatic carbocycles. The van der Waals surface area contributed by atoms with E-state index in [1.165, 1.54) is 0 Å². The van der Waals surface area contributed by atoms with E-state index >= 15 is 0 Å². The molecule has 1 saturated heterocycles. The Bertz CT molecular complexity index is 1060. The van der Waals surface area contributed by atoms with Gasteiger partial charge in [-0.3, -0.25) is 13.4 Å². The van der Waals surface area contributed by atoms with Crippen LogP contribution in [0.25, 0.3) is 10.9 Å². The van der Waals surface area contributed by atoms with Crippen LogP contribution in [-0.4, -0.2) is 36.5 Å². The summed E-state index contributed by atoms with van der Waals surface area (Å²) in [7, 11) is 0.501. The lowest BCUT2D eigenvalue weighted by Gasteiger charge is -2.30. The molecule has 3 aromatic rings.